The largest absolute Gasteiger partial charge is 0.482 e. The van der Waals surface area contributed by atoms with Gasteiger partial charge in [-0.3, -0.25) is 9.78 Å². The van der Waals surface area contributed by atoms with Gasteiger partial charge in [-0.15, -0.1) is 0 Å². The van der Waals surface area contributed by atoms with Gasteiger partial charge in [0.2, 0.25) is 0 Å². The van der Waals surface area contributed by atoms with Gasteiger partial charge in [0, 0.05) is 18.6 Å². The lowest BCUT2D eigenvalue weighted by Crippen LogP contribution is -2.36. The summed E-state index contributed by atoms with van der Waals surface area (Å²) < 4.78 is 36.7. The predicted octanol–water partition coefficient (Wildman–Crippen LogP) is 1.98. The Labute approximate surface area is 179 Å². The average Bonchev–Trinajstić information content (AvgIpc) is 3.33. The monoisotopic (exact) mass is 440 g/mol. The van der Waals surface area contributed by atoms with Gasteiger partial charge in [-0.2, -0.15) is 5.10 Å². The fourth-order valence-electron chi connectivity index (χ4n) is 3.71. The van der Waals surface area contributed by atoms with Gasteiger partial charge in [0.15, 0.2) is 11.8 Å². The lowest BCUT2D eigenvalue weighted by atomic mass is 10.2. The number of aryl methyl sites for hydroxylation is 1. The van der Waals surface area contributed by atoms with Gasteiger partial charge in [-0.05, 0) is 25.1 Å². The quantitative estimate of drug-likeness (QED) is 0.503. The van der Waals surface area contributed by atoms with Crippen LogP contribution in [0.5, 0.6) is 5.75 Å². The second-order valence-electron chi connectivity index (χ2n) is 7.66. The first-order valence-corrected chi connectivity index (χ1v) is 9.83. The van der Waals surface area contributed by atoms with Crippen molar-refractivity contribution >= 4 is 11.3 Å². The Morgan fingerprint density at radius 3 is 2.75 bits per heavy atom. The smallest absolute Gasteiger partial charge is 0.325 e. The number of aromatic nitrogens is 5. The number of aromatic amines is 2. The molecular formula is C21H18F2N6O3. The highest BCUT2D eigenvalue weighted by atomic mass is 19.3. The van der Waals surface area contributed by atoms with Crippen LogP contribution >= 0.6 is 0 Å². The van der Waals surface area contributed by atoms with E-state index in [0.717, 1.165) is 5.56 Å². The minimum Gasteiger partial charge on any atom is -0.482 e. The second kappa shape index (κ2) is 7.29. The van der Waals surface area contributed by atoms with Gasteiger partial charge in [-0.25, -0.2) is 23.1 Å². The van der Waals surface area contributed by atoms with Gasteiger partial charge < -0.3 is 14.6 Å². The summed E-state index contributed by atoms with van der Waals surface area (Å²) in [6.45, 7) is 1.23. The third-order valence-corrected chi connectivity index (χ3v) is 5.33. The molecule has 0 radical (unpaired) electrons. The molecule has 0 saturated carbocycles. The molecule has 4 heterocycles. The van der Waals surface area contributed by atoms with E-state index in [9.17, 15) is 18.4 Å². The number of hydrogen-bond acceptors (Lipinski definition) is 6. The van der Waals surface area contributed by atoms with E-state index in [1.807, 2.05) is 6.92 Å². The summed E-state index contributed by atoms with van der Waals surface area (Å²) in [6.07, 6.45) is 2.91. The second-order valence-corrected chi connectivity index (χ2v) is 7.66. The van der Waals surface area contributed by atoms with Gasteiger partial charge in [0.1, 0.15) is 11.4 Å². The summed E-state index contributed by atoms with van der Waals surface area (Å²) in [4.78, 5) is 33.8. The number of H-pyrrole nitrogens is 2. The topological polar surface area (TPSA) is 108 Å². The molecule has 0 aliphatic carbocycles. The normalized spacial score (nSPS) is 17.7. The van der Waals surface area contributed by atoms with Crippen LogP contribution < -0.4 is 20.9 Å². The number of halogens is 2. The van der Waals surface area contributed by atoms with Crippen LogP contribution in [-0.2, 0) is 0 Å². The zero-order valence-electron chi connectivity index (χ0n) is 16.9. The van der Waals surface area contributed by atoms with Crippen molar-refractivity contribution in [1.29, 1.82) is 0 Å². The van der Waals surface area contributed by atoms with Crippen LogP contribution in [0.25, 0.3) is 16.9 Å². The minimum atomic E-state index is -3.12. The van der Waals surface area contributed by atoms with Crippen LogP contribution in [-0.4, -0.2) is 49.7 Å². The number of rotatable bonds is 4. The molecule has 11 heteroatoms. The van der Waals surface area contributed by atoms with E-state index >= 15 is 0 Å². The third kappa shape index (κ3) is 3.51. The summed E-state index contributed by atoms with van der Waals surface area (Å²) >= 11 is 0. The van der Waals surface area contributed by atoms with Crippen LogP contribution in [0.1, 0.15) is 5.56 Å². The van der Waals surface area contributed by atoms with Crippen LogP contribution in [0.3, 0.4) is 0 Å². The number of benzene rings is 1. The zero-order chi connectivity index (χ0) is 22.5. The van der Waals surface area contributed by atoms with E-state index in [1.165, 1.54) is 27.9 Å². The molecule has 1 unspecified atom stereocenters. The Balaban J connectivity index is 1.52. The molecule has 1 fully saturated rings. The number of nitrogens with zero attached hydrogens (tertiary/aromatic N) is 4. The molecule has 1 saturated heterocycles. The van der Waals surface area contributed by atoms with E-state index in [1.54, 1.807) is 30.5 Å². The molecular weight excluding hydrogens is 422 g/mol. The molecule has 1 aromatic carbocycles. The first-order chi connectivity index (χ1) is 15.3. The molecule has 5 rings (SSSR count). The molecule has 32 heavy (non-hydrogen) atoms. The molecule has 2 N–H and O–H groups in total. The summed E-state index contributed by atoms with van der Waals surface area (Å²) in [7, 11) is 0. The van der Waals surface area contributed by atoms with Crippen molar-refractivity contribution in [3.63, 3.8) is 0 Å². The zero-order valence-corrected chi connectivity index (χ0v) is 16.9. The van der Waals surface area contributed by atoms with Gasteiger partial charge >= 0.3 is 11.6 Å². The Kier molecular flexibility index (Phi) is 4.54. The van der Waals surface area contributed by atoms with Crippen molar-refractivity contribution in [2.24, 2.45) is 0 Å². The Bertz CT molecular complexity index is 1410. The van der Waals surface area contributed by atoms with Crippen molar-refractivity contribution < 1.29 is 13.5 Å². The summed E-state index contributed by atoms with van der Waals surface area (Å²) in [5, 5.41) is 4.33. The number of fused-ring (bicyclic) bond motifs is 1. The fraction of sp³-hybridized carbons (Fsp3) is 0.238. The van der Waals surface area contributed by atoms with Gasteiger partial charge in [0.25, 0.3) is 5.56 Å². The van der Waals surface area contributed by atoms with Crippen molar-refractivity contribution in [2.45, 2.75) is 19.0 Å². The minimum absolute atomic E-state index is 0.0885. The van der Waals surface area contributed by atoms with Gasteiger partial charge in [-0.1, -0.05) is 17.7 Å². The number of imidazole rings is 1. The molecule has 1 atom stereocenters. The predicted molar refractivity (Wildman–Crippen MR) is 112 cm³/mol. The Morgan fingerprint density at radius 2 is 2.00 bits per heavy atom. The van der Waals surface area contributed by atoms with Crippen molar-refractivity contribution in [3.8, 4) is 17.0 Å². The number of alkyl halides is 2. The lowest BCUT2D eigenvalue weighted by Gasteiger charge is -2.19. The van der Waals surface area contributed by atoms with E-state index in [0.29, 0.717) is 17.1 Å². The maximum atomic E-state index is 14.9. The van der Waals surface area contributed by atoms with Gasteiger partial charge in [0.05, 0.1) is 24.3 Å². The third-order valence-electron chi connectivity index (χ3n) is 5.33. The summed E-state index contributed by atoms with van der Waals surface area (Å²) in [5.74, 6) is -2.75. The van der Waals surface area contributed by atoms with Crippen molar-refractivity contribution in [3.05, 3.63) is 75.3 Å². The SMILES string of the molecule is Cc1ccc(OC2CN(c3cc(-c4c[nH]c(=O)[nH]c4=O)nn4ccnc34)CC2(F)F)cc1. The van der Waals surface area contributed by atoms with Crippen LogP contribution in [0.4, 0.5) is 14.5 Å². The number of nitrogens with one attached hydrogen (secondary N) is 2. The Hall–Kier alpha value is -4.02. The maximum absolute atomic E-state index is 14.9. The van der Waals surface area contributed by atoms with E-state index in [2.05, 4.69) is 20.1 Å². The maximum Gasteiger partial charge on any atom is 0.325 e. The van der Waals surface area contributed by atoms with Crippen molar-refractivity contribution in [1.82, 2.24) is 24.6 Å². The number of hydrogen-bond donors (Lipinski definition) is 2. The highest BCUT2D eigenvalue weighted by molar-refractivity contribution is 5.74. The average molecular weight is 440 g/mol. The van der Waals surface area contributed by atoms with Crippen LogP contribution in [0, 0.1) is 6.92 Å². The summed E-state index contributed by atoms with van der Waals surface area (Å²) in [6, 6.07) is 8.42. The first kappa shape index (κ1) is 19.9. The number of ether oxygens (including phenoxy) is 1. The molecule has 0 spiro atoms. The lowest BCUT2D eigenvalue weighted by molar-refractivity contribution is -0.0594. The molecule has 4 aromatic rings. The molecule has 3 aromatic heterocycles. The van der Waals surface area contributed by atoms with Crippen LogP contribution in [0.15, 0.2) is 58.5 Å². The summed E-state index contributed by atoms with van der Waals surface area (Å²) in [5.41, 5.74) is 0.744. The van der Waals surface area contributed by atoms with E-state index in [4.69, 9.17) is 4.74 Å². The van der Waals surface area contributed by atoms with Crippen LogP contribution in [0.2, 0.25) is 0 Å². The van der Waals surface area contributed by atoms with Crippen molar-refractivity contribution in [2.75, 3.05) is 18.0 Å². The molecule has 1 aliphatic heterocycles. The number of anilines is 1. The van der Waals surface area contributed by atoms with E-state index in [-0.39, 0.29) is 17.8 Å². The molecule has 0 amide bonds. The Morgan fingerprint density at radius 1 is 1.22 bits per heavy atom. The van der Waals surface area contributed by atoms with E-state index < -0.39 is 29.8 Å². The molecule has 0 bridgehead atoms. The standard InChI is InChI=1S/C21H18F2N6O3/c1-12-2-4-13(5-3-12)32-17-10-28(11-21(17,22)23)16-8-15(27-29-7-6-24-18(16)29)14-9-25-20(31)26-19(14)30/h2-9,17H,10-11H2,1H3,(H2,25,26,30,31). The molecule has 1 aliphatic rings. The highest BCUT2D eigenvalue weighted by Gasteiger charge is 2.50. The molecule has 9 nitrogen and oxygen atoms in total. The highest BCUT2D eigenvalue weighted by Crippen LogP contribution is 2.36. The first-order valence-electron chi connectivity index (χ1n) is 9.83. The molecule has 164 valence electrons. The fourth-order valence-corrected chi connectivity index (χ4v) is 3.71.